The molecule has 5 rings (SSSR count). The lowest BCUT2D eigenvalue weighted by Gasteiger charge is -2.38. The van der Waals surface area contributed by atoms with Crippen molar-refractivity contribution in [3.63, 3.8) is 0 Å². The predicted molar refractivity (Wildman–Crippen MR) is 89.6 cm³/mol. The number of rotatable bonds is 2. The molecule has 1 aromatic carbocycles. The Morgan fingerprint density at radius 2 is 1.75 bits per heavy atom. The van der Waals surface area contributed by atoms with Gasteiger partial charge in [0.2, 0.25) is 0 Å². The molecule has 1 N–H and O–H groups in total. The van der Waals surface area contributed by atoms with Crippen molar-refractivity contribution < 1.29 is 4.79 Å². The monoisotopic (exact) mass is 321 g/mol. The molecule has 0 radical (unpaired) electrons. The number of piperidine rings is 1. The second kappa shape index (κ2) is 5.19. The van der Waals surface area contributed by atoms with E-state index in [1.54, 1.807) is 12.4 Å². The SMILES string of the molecule is O=C(c1c[nH]c2ccccc12)N1C2CCC1CC(n1nccn1)C2. The fourth-order valence-corrected chi connectivity index (χ4v) is 4.47. The first kappa shape index (κ1) is 13.8. The first-order valence-electron chi connectivity index (χ1n) is 8.56. The number of carbonyl (C=O) groups excluding carboxylic acids is 1. The van der Waals surface area contributed by atoms with Gasteiger partial charge < -0.3 is 9.88 Å². The summed E-state index contributed by atoms with van der Waals surface area (Å²) < 4.78 is 0. The Balaban J connectivity index is 1.45. The van der Waals surface area contributed by atoms with Gasteiger partial charge in [0.25, 0.3) is 5.91 Å². The van der Waals surface area contributed by atoms with Gasteiger partial charge in [0.05, 0.1) is 24.0 Å². The molecule has 2 atom stereocenters. The standard InChI is InChI=1S/C18H19N5O/c24-18(16-11-19-17-4-2-1-3-15(16)17)22-12-5-6-13(22)10-14(9-12)23-20-7-8-21-23/h1-4,7-8,11-14,19H,5-6,9-10H2. The molecular weight excluding hydrogens is 302 g/mol. The maximum absolute atomic E-state index is 13.2. The number of carbonyl (C=O) groups is 1. The van der Waals surface area contributed by atoms with Crippen LogP contribution >= 0.6 is 0 Å². The summed E-state index contributed by atoms with van der Waals surface area (Å²) >= 11 is 0. The third-order valence-electron chi connectivity index (χ3n) is 5.53. The average molecular weight is 321 g/mol. The molecule has 6 heteroatoms. The van der Waals surface area contributed by atoms with E-state index in [0.29, 0.717) is 18.1 Å². The van der Waals surface area contributed by atoms with E-state index in [1.165, 1.54) is 0 Å². The van der Waals surface area contributed by atoms with E-state index in [1.807, 2.05) is 35.3 Å². The summed E-state index contributed by atoms with van der Waals surface area (Å²) in [6.45, 7) is 0. The van der Waals surface area contributed by atoms with Gasteiger partial charge in [-0.05, 0) is 31.7 Å². The van der Waals surface area contributed by atoms with Gasteiger partial charge in [0.1, 0.15) is 0 Å². The molecule has 2 saturated heterocycles. The molecule has 0 spiro atoms. The van der Waals surface area contributed by atoms with E-state index in [-0.39, 0.29) is 5.91 Å². The van der Waals surface area contributed by atoms with Crippen molar-refractivity contribution in [3.05, 3.63) is 48.4 Å². The zero-order valence-electron chi connectivity index (χ0n) is 13.3. The lowest BCUT2D eigenvalue weighted by Crippen LogP contribution is -2.47. The molecule has 2 aliphatic rings. The number of fused-ring (bicyclic) bond motifs is 3. The minimum atomic E-state index is 0.159. The van der Waals surface area contributed by atoms with Crippen LogP contribution in [0.3, 0.4) is 0 Å². The minimum Gasteiger partial charge on any atom is -0.360 e. The Morgan fingerprint density at radius 1 is 1.04 bits per heavy atom. The third-order valence-corrected chi connectivity index (χ3v) is 5.53. The first-order chi connectivity index (χ1) is 11.8. The fraction of sp³-hybridized carbons (Fsp3) is 0.389. The second-order valence-corrected chi connectivity index (χ2v) is 6.82. The van der Waals surface area contributed by atoms with Crippen LogP contribution in [0.25, 0.3) is 10.9 Å². The average Bonchev–Trinajstić information content (AvgIpc) is 3.32. The van der Waals surface area contributed by atoms with Gasteiger partial charge in [0, 0.05) is 29.2 Å². The Bertz CT molecular complexity index is 870. The van der Waals surface area contributed by atoms with Crippen LogP contribution in [0.2, 0.25) is 0 Å². The molecule has 4 heterocycles. The van der Waals surface area contributed by atoms with Crippen LogP contribution < -0.4 is 0 Å². The maximum atomic E-state index is 13.2. The highest BCUT2D eigenvalue weighted by molar-refractivity contribution is 6.07. The number of H-pyrrole nitrogens is 1. The number of nitrogens with zero attached hydrogens (tertiary/aromatic N) is 4. The van der Waals surface area contributed by atoms with Gasteiger partial charge in [-0.3, -0.25) is 4.79 Å². The van der Waals surface area contributed by atoms with Crippen LogP contribution in [0.5, 0.6) is 0 Å². The molecule has 2 unspecified atom stereocenters. The van der Waals surface area contributed by atoms with Crippen molar-refractivity contribution in [3.8, 4) is 0 Å². The number of hydrogen-bond donors (Lipinski definition) is 1. The van der Waals surface area contributed by atoms with Crippen LogP contribution in [0.1, 0.15) is 42.1 Å². The van der Waals surface area contributed by atoms with Crippen LogP contribution in [0.4, 0.5) is 0 Å². The molecule has 6 nitrogen and oxygen atoms in total. The Morgan fingerprint density at radius 3 is 2.50 bits per heavy atom. The largest absolute Gasteiger partial charge is 0.360 e. The molecule has 0 saturated carbocycles. The van der Waals surface area contributed by atoms with Gasteiger partial charge in [-0.25, -0.2) is 0 Å². The first-order valence-corrected chi connectivity index (χ1v) is 8.56. The number of amides is 1. The second-order valence-electron chi connectivity index (χ2n) is 6.82. The van der Waals surface area contributed by atoms with Crippen molar-refractivity contribution in [2.45, 2.75) is 43.8 Å². The van der Waals surface area contributed by atoms with Crippen LogP contribution in [-0.4, -0.2) is 42.9 Å². The molecule has 1 amide bonds. The molecule has 3 aromatic rings. The molecule has 2 bridgehead atoms. The highest BCUT2D eigenvalue weighted by Gasteiger charge is 2.44. The lowest BCUT2D eigenvalue weighted by atomic mass is 9.96. The zero-order valence-corrected chi connectivity index (χ0v) is 13.3. The summed E-state index contributed by atoms with van der Waals surface area (Å²) in [5.41, 5.74) is 1.81. The Hall–Kier alpha value is -2.63. The number of hydrogen-bond acceptors (Lipinski definition) is 3. The number of para-hydroxylation sites is 1. The summed E-state index contributed by atoms with van der Waals surface area (Å²) in [5.74, 6) is 0.159. The van der Waals surface area contributed by atoms with Crippen molar-refractivity contribution in [2.75, 3.05) is 0 Å². The van der Waals surface area contributed by atoms with Gasteiger partial charge in [-0.1, -0.05) is 18.2 Å². The highest BCUT2D eigenvalue weighted by Crippen LogP contribution is 2.41. The van der Waals surface area contributed by atoms with Crippen LogP contribution in [0, 0.1) is 0 Å². The summed E-state index contributed by atoms with van der Waals surface area (Å²) in [7, 11) is 0. The topological polar surface area (TPSA) is 66.8 Å². The molecule has 24 heavy (non-hydrogen) atoms. The molecule has 122 valence electrons. The number of benzene rings is 1. The Labute approximate surface area is 139 Å². The number of aromatic amines is 1. The van der Waals surface area contributed by atoms with Crippen molar-refractivity contribution in [1.29, 1.82) is 0 Å². The number of aromatic nitrogens is 4. The maximum Gasteiger partial charge on any atom is 0.256 e. The fourth-order valence-electron chi connectivity index (χ4n) is 4.47. The summed E-state index contributed by atoms with van der Waals surface area (Å²) in [6.07, 6.45) is 9.36. The van der Waals surface area contributed by atoms with Gasteiger partial charge in [-0.2, -0.15) is 15.0 Å². The predicted octanol–water partition coefficient (Wildman–Crippen LogP) is 2.77. The van der Waals surface area contributed by atoms with Gasteiger partial charge in [0.15, 0.2) is 0 Å². The van der Waals surface area contributed by atoms with E-state index >= 15 is 0 Å². The van der Waals surface area contributed by atoms with Gasteiger partial charge >= 0.3 is 0 Å². The molecule has 0 aliphatic carbocycles. The van der Waals surface area contributed by atoms with E-state index < -0.39 is 0 Å². The molecule has 2 fully saturated rings. The lowest BCUT2D eigenvalue weighted by molar-refractivity contribution is 0.0514. The smallest absolute Gasteiger partial charge is 0.256 e. The quantitative estimate of drug-likeness (QED) is 0.789. The van der Waals surface area contributed by atoms with E-state index in [2.05, 4.69) is 20.1 Å². The summed E-state index contributed by atoms with van der Waals surface area (Å²) in [4.78, 5) is 20.4. The minimum absolute atomic E-state index is 0.159. The summed E-state index contributed by atoms with van der Waals surface area (Å²) in [6, 6.07) is 8.89. The highest BCUT2D eigenvalue weighted by atomic mass is 16.2. The summed E-state index contributed by atoms with van der Waals surface area (Å²) in [5, 5.41) is 9.60. The Kier molecular flexibility index (Phi) is 2.98. The normalized spacial score (nSPS) is 26.2. The van der Waals surface area contributed by atoms with Crippen molar-refractivity contribution in [2.24, 2.45) is 0 Å². The molecule has 2 aliphatic heterocycles. The third kappa shape index (κ3) is 1.99. The van der Waals surface area contributed by atoms with Gasteiger partial charge in [-0.15, -0.1) is 0 Å². The molecule has 2 aromatic heterocycles. The molecular formula is C18H19N5O. The van der Waals surface area contributed by atoms with E-state index in [9.17, 15) is 4.79 Å². The van der Waals surface area contributed by atoms with Crippen molar-refractivity contribution >= 4 is 16.8 Å². The van der Waals surface area contributed by atoms with Crippen LogP contribution in [0.15, 0.2) is 42.9 Å². The van der Waals surface area contributed by atoms with E-state index in [0.717, 1.165) is 42.1 Å². The number of nitrogens with one attached hydrogen (secondary N) is 1. The van der Waals surface area contributed by atoms with E-state index in [4.69, 9.17) is 0 Å². The van der Waals surface area contributed by atoms with Crippen molar-refractivity contribution in [1.82, 2.24) is 24.9 Å². The zero-order chi connectivity index (χ0) is 16.1. The van der Waals surface area contributed by atoms with Crippen LogP contribution in [-0.2, 0) is 0 Å².